The van der Waals surface area contributed by atoms with E-state index in [0.717, 1.165) is 38.6 Å². The molecule has 6 nitrogen and oxygen atoms in total. The number of fused-ring (bicyclic) bond motifs is 1. The lowest BCUT2D eigenvalue weighted by atomic mass is 10.2. The maximum Gasteiger partial charge on any atom is 0.414 e. The molecule has 0 aliphatic heterocycles. The summed E-state index contributed by atoms with van der Waals surface area (Å²) < 4.78 is 19.3. The van der Waals surface area contributed by atoms with E-state index in [1.807, 2.05) is 57.2 Å². The lowest BCUT2D eigenvalue weighted by Gasteiger charge is -2.39. The Morgan fingerprint density at radius 3 is 2.27 bits per heavy atom. The molecule has 1 atom stereocenters. The van der Waals surface area contributed by atoms with E-state index in [1.54, 1.807) is 18.4 Å². The Morgan fingerprint density at radius 2 is 1.70 bits per heavy atom. The Labute approximate surface area is 227 Å². The minimum Gasteiger partial charge on any atom is -0.491 e. The minimum atomic E-state index is -1.85. The maximum absolute atomic E-state index is 12.4. The zero-order valence-corrected chi connectivity index (χ0v) is 25.8. The molecule has 0 saturated heterocycles. The Morgan fingerprint density at radius 1 is 1.05 bits per heavy atom. The third-order valence-electron chi connectivity index (χ3n) is 6.69. The number of hydrogen-bond acceptors (Lipinski definition) is 6. The molecule has 0 aliphatic rings. The van der Waals surface area contributed by atoms with Crippen molar-refractivity contribution in [3.05, 3.63) is 42.5 Å². The predicted molar refractivity (Wildman–Crippen MR) is 158 cm³/mol. The van der Waals surface area contributed by atoms with E-state index in [1.165, 1.54) is 4.90 Å². The zero-order chi connectivity index (χ0) is 27.6. The van der Waals surface area contributed by atoms with Crippen LogP contribution in [0, 0.1) is 0 Å². The van der Waals surface area contributed by atoms with Gasteiger partial charge in [-0.15, -0.1) is 11.3 Å². The Bertz CT molecular complexity index is 1210. The molecule has 0 radical (unpaired) electrons. The van der Waals surface area contributed by atoms with Gasteiger partial charge >= 0.3 is 6.09 Å². The van der Waals surface area contributed by atoms with Gasteiger partial charge in [-0.1, -0.05) is 27.7 Å². The van der Waals surface area contributed by atoms with E-state index in [9.17, 15) is 4.79 Å². The molecule has 1 heterocycles. The van der Waals surface area contributed by atoms with Gasteiger partial charge in [-0.3, -0.25) is 4.90 Å². The number of ether oxygens (including phenoxy) is 2. The maximum atomic E-state index is 12.4. The highest BCUT2D eigenvalue weighted by Gasteiger charge is 2.39. The van der Waals surface area contributed by atoms with Gasteiger partial charge in [0, 0.05) is 18.3 Å². The fourth-order valence-electron chi connectivity index (χ4n) is 3.40. The Hall–Kier alpha value is -2.42. The molecule has 2 aromatic carbocycles. The molecular formula is C29H42N2O4SSi. The summed E-state index contributed by atoms with van der Waals surface area (Å²) in [7, 11) is -0.139. The van der Waals surface area contributed by atoms with E-state index < -0.39 is 13.9 Å². The molecule has 0 saturated carbocycles. The molecule has 202 valence electrons. The fourth-order valence-corrected chi connectivity index (χ4v) is 5.82. The number of hydrogen-bond donors (Lipinski definition) is 0. The molecule has 8 heteroatoms. The van der Waals surface area contributed by atoms with Crippen LogP contribution in [0.15, 0.2) is 42.5 Å². The van der Waals surface area contributed by atoms with Crippen LogP contribution in [-0.4, -0.2) is 44.8 Å². The van der Waals surface area contributed by atoms with Crippen LogP contribution in [0.2, 0.25) is 18.1 Å². The van der Waals surface area contributed by atoms with E-state index >= 15 is 0 Å². The molecule has 3 aromatic rings. The first-order valence-corrected chi connectivity index (χ1v) is 16.6. The number of anilines is 1. The standard InChI is InChI=1S/C29H42N2O4SSi/c1-11-22(35-37(9,10)29(5,6)7)19-33-23-16-17-24-25(18-23)36-26(30-24)20-12-14-21(15-13-20)31(8)27(32)34-28(2,3)4/h12-18,22H,11,19H2,1-10H3/t22-/m0/s1. The van der Waals surface area contributed by atoms with Crippen LogP contribution in [0.3, 0.4) is 0 Å². The fraction of sp³-hybridized carbons (Fsp3) is 0.517. The van der Waals surface area contributed by atoms with Crippen molar-refractivity contribution < 1.29 is 18.7 Å². The number of carbonyl (C=O) groups is 1. The van der Waals surface area contributed by atoms with Gasteiger partial charge < -0.3 is 13.9 Å². The van der Waals surface area contributed by atoms with Crippen LogP contribution in [0.1, 0.15) is 54.9 Å². The number of benzene rings is 2. The number of nitrogens with zero attached hydrogens (tertiary/aromatic N) is 2. The summed E-state index contributed by atoms with van der Waals surface area (Å²) in [5.74, 6) is 0.828. The van der Waals surface area contributed by atoms with Crippen LogP contribution >= 0.6 is 11.3 Å². The molecule has 1 amide bonds. The van der Waals surface area contributed by atoms with Crippen molar-refractivity contribution in [3.8, 4) is 16.3 Å². The topological polar surface area (TPSA) is 60.9 Å². The highest BCUT2D eigenvalue weighted by Crippen LogP contribution is 2.38. The number of thiazole rings is 1. The number of rotatable bonds is 8. The van der Waals surface area contributed by atoms with E-state index in [0.29, 0.717) is 6.61 Å². The van der Waals surface area contributed by atoms with E-state index in [4.69, 9.17) is 18.9 Å². The number of aromatic nitrogens is 1. The summed E-state index contributed by atoms with van der Waals surface area (Å²) in [5, 5.41) is 1.09. The average molecular weight is 543 g/mol. The van der Waals surface area contributed by atoms with Gasteiger partial charge in [-0.05, 0) is 87.8 Å². The first-order chi connectivity index (χ1) is 17.1. The molecule has 3 rings (SSSR count). The molecule has 0 unspecified atom stereocenters. The van der Waals surface area contributed by atoms with Crippen molar-refractivity contribution >= 4 is 41.7 Å². The van der Waals surface area contributed by atoms with Crippen molar-refractivity contribution in [2.45, 2.75) is 84.7 Å². The second-order valence-electron chi connectivity index (χ2n) is 12.0. The highest BCUT2D eigenvalue weighted by atomic mass is 32.1. The number of carbonyl (C=O) groups excluding carboxylic acids is 1. The third kappa shape index (κ3) is 7.55. The van der Waals surface area contributed by atoms with E-state index in [-0.39, 0.29) is 17.2 Å². The number of amides is 1. The summed E-state index contributed by atoms with van der Waals surface area (Å²) in [4.78, 5) is 18.7. The molecule has 1 aromatic heterocycles. The monoisotopic (exact) mass is 542 g/mol. The van der Waals surface area contributed by atoms with Crippen LogP contribution in [0.4, 0.5) is 10.5 Å². The lowest BCUT2D eigenvalue weighted by molar-refractivity contribution is 0.0589. The quantitative estimate of drug-likeness (QED) is 0.267. The molecule has 0 bridgehead atoms. The first kappa shape index (κ1) is 29.1. The first-order valence-electron chi connectivity index (χ1n) is 12.9. The summed E-state index contributed by atoms with van der Waals surface area (Å²) in [6.07, 6.45) is 0.609. The van der Waals surface area contributed by atoms with Gasteiger partial charge in [0.05, 0.1) is 16.3 Å². The summed E-state index contributed by atoms with van der Waals surface area (Å²) in [6, 6.07) is 13.8. The van der Waals surface area contributed by atoms with Crippen LogP contribution < -0.4 is 9.64 Å². The second-order valence-corrected chi connectivity index (χ2v) is 17.7. The van der Waals surface area contributed by atoms with Crippen LogP contribution in [0.25, 0.3) is 20.8 Å². The predicted octanol–water partition coefficient (Wildman–Crippen LogP) is 8.51. The molecule has 0 fully saturated rings. The molecule has 0 N–H and O–H groups in total. The van der Waals surface area contributed by atoms with E-state index in [2.05, 4.69) is 46.9 Å². The van der Waals surface area contributed by atoms with Gasteiger partial charge in [-0.2, -0.15) is 0 Å². The zero-order valence-electron chi connectivity index (χ0n) is 24.0. The van der Waals surface area contributed by atoms with Crippen molar-refractivity contribution in [1.82, 2.24) is 4.98 Å². The van der Waals surface area contributed by atoms with Crippen molar-refractivity contribution in [2.24, 2.45) is 0 Å². The summed E-state index contributed by atoms with van der Waals surface area (Å²) >= 11 is 1.63. The second kappa shape index (κ2) is 11.1. The Balaban J connectivity index is 1.69. The molecular weight excluding hydrogens is 500 g/mol. The molecule has 0 spiro atoms. The van der Waals surface area contributed by atoms with Gasteiger partial charge in [0.15, 0.2) is 8.32 Å². The van der Waals surface area contributed by atoms with Gasteiger partial charge in [-0.25, -0.2) is 9.78 Å². The SMILES string of the molecule is CC[C@@H](COc1ccc2nc(-c3ccc(N(C)C(=O)OC(C)(C)C)cc3)sc2c1)O[Si](C)(C)C(C)(C)C. The third-order valence-corrected chi connectivity index (χ3v) is 12.3. The van der Waals surface area contributed by atoms with Gasteiger partial charge in [0.25, 0.3) is 0 Å². The minimum absolute atomic E-state index is 0.0749. The van der Waals surface area contributed by atoms with Crippen molar-refractivity contribution in [3.63, 3.8) is 0 Å². The smallest absolute Gasteiger partial charge is 0.414 e. The van der Waals surface area contributed by atoms with Crippen LogP contribution in [-0.2, 0) is 9.16 Å². The van der Waals surface area contributed by atoms with Gasteiger partial charge in [0.2, 0.25) is 0 Å². The van der Waals surface area contributed by atoms with Crippen LogP contribution in [0.5, 0.6) is 5.75 Å². The summed E-state index contributed by atoms with van der Waals surface area (Å²) in [5.41, 5.74) is 2.16. The van der Waals surface area contributed by atoms with Crippen molar-refractivity contribution in [2.75, 3.05) is 18.6 Å². The van der Waals surface area contributed by atoms with Gasteiger partial charge in [0.1, 0.15) is 23.0 Å². The summed E-state index contributed by atoms with van der Waals surface area (Å²) in [6.45, 7) is 19.6. The molecule has 37 heavy (non-hydrogen) atoms. The largest absolute Gasteiger partial charge is 0.491 e. The lowest BCUT2D eigenvalue weighted by Crippen LogP contribution is -2.45. The van der Waals surface area contributed by atoms with Crippen molar-refractivity contribution in [1.29, 1.82) is 0 Å². The highest BCUT2D eigenvalue weighted by molar-refractivity contribution is 7.21. The average Bonchev–Trinajstić information content (AvgIpc) is 3.23. The normalized spacial score (nSPS) is 13.5. The Kier molecular flexibility index (Phi) is 8.77. The molecule has 0 aliphatic carbocycles.